The minimum absolute atomic E-state index is 0.0771. The molecule has 1 unspecified atom stereocenters. The predicted octanol–water partition coefficient (Wildman–Crippen LogP) is 1.56. The van der Waals surface area contributed by atoms with E-state index in [1.165, 1.54) is 4.31 Å². The second-order valence-electron chi connectivity index (χ2n) is 7.69. The number of benzene rings is 1. The number of urea groups is 1. The van der Waals surface area contributed by atoms with E-state index in [1.54, 1.807) is 18.7 Å². The quantitative estimate of drug-likeness (QED) is 0.586. The Hall–Kier alpha value is -2.43. The van der Waals surface area contributed by atoms with Crippen molar-refractivity contribution in [1.29, 1.82) is 0 Å². The molecule has 0 aliphatic carbocycles. The van der Waals surface area contributed by atoms with E-state index in [2.05, 4.69) is 10.2 Å². The van der Waals surface area contributed by atoms with Crippen LogP contribution in [0.15, 0.2) is 41.6 Å². The second kappa shape index (κ2) is 10.5. The molecule has 176 valence electrons. The van der Waals surface area contributed by atoms with Crippen LogP contribution in [-0.4, -0.2) is 86.2 Å². The van der Waals surface area contributed by atoms with Crippen LogP contribution in [0.5, 0.6) is 0 Å². The van der Waals surface area contributed by atoms with Crippen molar-refractivity contribution < 1.29 is 22.7 Å². The molecule has 2 amide bonds. The van der Waals surface area contributed by atoms with Crippen molar-refractivity contribution in [3.63, 3.8) is 0 Å². The van der Waals surface area contributed by atoms with Gasteiger partial charge in [-0.2, -0.15) is 4.31 Å². The summed E-state index contributed by atoms with van der Waals surface area (Å²) in [5.74, 6) is -0.379. The van der Waals surface area contributed by atoms with Gasteiger partial charge in [-0.1, -0.05) is 30.3 Å². The molecule has 1 fully saturated rings. The molecule has 0 spiro atoms. The Morgan fingerprint density at radius 2 is 1.75 bits per heavy atom. The van der Waals surface area contributed by atoms with Crippen molar-refractivity contribution in [2.45, 2.75) is 26.8 Å². The number of sulfonamides is 1. The molecule has 0 bridgehead atoms. The Morgan fingerprint density at radius 3 is 2.31 bits per heavy atom. The van der Waals surface area contributed by atoms with Crippen molar-refractivity contribution in [1.82, 2.24) is 19.4 Å². The van der Waals surface area contributed by atoms with Gasteiger partial charge in [0.25, 0.3) is 0 Å². The Morgan fingerprint density at radius 1 is 1.09 bits per heavy atom. The number of ether oxygens (including phenoxy) is 1. The molecule has 32 heavy (non-hydrogen) atoms. The molecule has 1 atom stereocenters. The molecule has 1 aromatic rings. The van der Waals surface area contributed by atoms with Crippen molar-refractivity contribution in [2.24, 2.45) is 0 Å². The molecule has 2 aliphatic rings. The van der Waals surface area contributed by atoms with Crippen LogP contribution < -0.4 is 5.32 Å². The zero-order valence-electron chi connectivity index (χ0n) is 18.9. The zero-order valence-corrected chi connectivity index (χ0v) is 19.7. The number of carbonyl (C=O) groups excluding carboxylic acids is 2. The number of nitrogens with zero attached hydrogens (tertiary/aromatic N) is 3. The summed E-state index contributed by atoms with van der Waals surface area (Å²) in [4.78, 5) is 29.6. The van der Waals surface area contributed by atoms with Crippen molar-refractivity contribution in [3.05, 3.63) is 47.2 Å². The highest BCUT2D eigenvalue weighted by Crippen LogP contribution is 2.32. The van der Waals surface area contributed by atoms with E-state index in [9.17, 15) is 18.0 Å². The molecule has 0 saturated carbocycles. The number of hydrogen-bond donors (Lipinski definition) is 1. The number of carbonyl (C=O) groups is 2. The number of likely N-dealkylation sites (N-methyl/N-ethyl adjacent to an activating group) is 1. The summed E-state index contributed by atoms with van der Waals surface area (Å²) in [5.41, 5.74) is 1.83. The fourth-order valence-corrected chi connectivity index (χ4v) is 5.20. The van der Waals surface area contributed by atoms with Gasteiger partial charge in [0.15, 0.2) is 0 Å². The fourth-order valence-electron chi connectivity index (χ4n) is 4.11. The smallest absolute Gasteiger partial charge is 0.338 e. The molecular formula is C22H32N4O5S. The average Bonchev–Trinajstić information content (AvgIpc) is 2.80. The number of piperazine rings is 1. The first kappa shape index (κ1) is 24.2. The molecule has 1 aromatic carbocycles. The fraction of sp³-hybridized carbons (Fsp3) is 0.545. The standard InChI is InChI=1S/C22H32N4O5S/c1-4-26-18(16-24-12-14-25(15-13-24)32(29,30)6-3)19(21(27)31-5-2)20(23-22(26)28)17-10-8-7-9-11-17/h7-11,20H,4-6,12-16H2,1-3H3,(H,23,28). The van der Waals surface area contributed by atoms with Crippen LogP contribution >= 0.6 is 0 Å². The third-order valence-corrected chi connectivity index (χ3v) is 7.73. The maximum absolute atomic E-state index is 13.1. The third-order valence-electron chi connectivity index (χ3n) is 5.85. The maximum atomic E-state index is 13.1. The highest BCUT2D eigenvalue weighted by molar-refractivity contribution is 7.89. The number of esters is 1. The highest BCUT2D eigenvalue weighted by atomic mass is 32.2. The lowest BCUT2D eigenvalue weighted by molar-refractivity contribution is -0.139. The highest BCUT2D eigenvalue weighted by Gasteiger charge is 2.38. The summed E-state index contributed by atoms with van der Waals surface area (Å²) in [5, 5.41) is 2.95. The van der Waals surface area contributed by atoms with E-state index < -0.39 is 22.0 Å². The summed E-state index contributed by atoms with van der Waals surface area (Å²) in [7, 11) is -3.23. The van der Waals surface area contributed by atoms with Gasteiger partial charge in [0.05, 0.1) is 24.0 Å². The van der Waals surface area contributed by atoms with Gasteiger partial charge >= 0.3 is 12.0 Å². The first-order valence-electron chi connectivity index (χ1n) is 11.1. The molecule has 1 N–H and O–H groups in total. The lowest BCUT2D eigenvalue weighted by atomic mass is 9.94. The molecular weight excluding hydrogens is 432 g/mol. The van der Waals surface area contributed by atoms with Crippen molar-refractivity contribution >= 4 is 22.0 Å². The lowest BCUT2D eigenvalue weighted by Crippen LogP contribution is -2.53. The summed E-state index contributed by atoms with van der Waals surface area (Å²) in [6.07, 6.45) is 0. The number of rotatable bonds is 8. The topological polar surface area (TPSA) is 99.3 Å². The van der Waals surface area contributed by atoms with E-state index in [-0.39, 0.29) is 18.4 Å². The normalized spacial score (nSPS) is 20.9. The second-order valence-corrected chi connectivity index (χ2v) is 9.95. The lowest BCUT2D eigenvalue weighted by Gasteiger charge is -2.40. The van der Waals surface area contributed by atoms with Crippen LogP contribution in [0, 0.1) is 0 Å². The van der Waals surface area contributed by atoms with Gasteiger partial charge in [0, 0.05) is 45.0 Å². The van der Waals surface area contributed by atoms with Crippen LogP contribution in [0.2, 0.25) is 0 Å². The first-order chi connectivity index (χ1) is 15.3. The largest absolute Gasteiger partial charge is 0.463 e. The van der Waals surface area contributed by atoms with E-state index >= 15 is 0 Å². The van der Waals surface area contributed by atoms with Gasteiger partial charge in [0.2, 0.25) is 10.0 Å². The van der Waals surface area contributed by atoms with E-state index in [0.717, 1.165) is 5.56 Å². The molecule has 2 aliphatic heterocycles. The van der Waals surface area contributed by atoms with Gasteiger partial charge in [-0.15, -0.1) is 0 Å². The SMILES string of the molecule is CCOC(=O)C1=C(CN2CCN(S(=O)(=O)CC)CC2)N(CC)C(=O)NC1c1ccccc1. The van der Waals surface area contributed by atoms with E-state index in [4.69, 9.17) is 4.74 Å². The van der Waals surface area contributed by atoms with Crippen molar-refractivity contribution in [2.75, 3.05) is 51.6 Å². The molecule has 3 rings (SSSR count). The Bertz CT molecular complexity index is 956. The minimum Gasteiger partial charge on any atom is -0.463 e. The van der Waals surface area contributed by atoms with Gasteiger partial charge < -0.3 is 10.1 Å². The van der Waals surface area contributed by atoms with Crippen LogP contribution in [0.4, 0.5) is 4.79 Å². The van der Waals surface area contributed by atoms with Gasteiger partial charge in [0.1, 0.15) is 0 Å². The number of hydrogen-bond acceptors (Lipinski definition) is 6. The summed E-state index contributed by atoms with van der Waals surface area (Å²) in [6, 6.07) is 8.48. The first-order valence-corrected chi connectivity index (χ1v) is 12.7. The van der Waals surface area contributed by atoms with Gasteiger partial charge in [-0.05, 0) is 26.3 Å². The molecule has 10 heteroatoms. The molecule has 0 aromatic heterocycles. The van der Waals surface area contributed by atoms with Crippen LogP contribution in [-0.2, 0) is 19.6 Å². The van der Waals surface area contributed by atoms with Crippen molar-refractivity contribution in [3.8, 4) is 0 Å². The maximum Gasteiger partial charge on any atom is 0.338 e. The van der Waals surface area contributed by atoms with Gasteiger partial charge in [-0.25, -0.2) is 18.0 Å². The zero-order chi connectivity index (χ0) is 23.3. The van der Waals surface area contributed by atoms with Crippen LogP contribution in [0.1, 0.15) is 32.4 Å². The molecule has 0 radical (unpaired) electrons. The number of nitrogens with one attached hydrogen (secondary N) is 1. The summed E-state index contributed by atoms with van der Waals surface area (Å²) >= 11 is 0. The van der Waals surface area contributed by atoms with E-state index in [1.807, 2.05) is 37.3 Å². The Balaban J connectivity index is 1.95. The Kier molecular flexibility index (Phi) is 7.91. The average molecular weight is 465 g/mol. The van der Waals surface area contributed by atoms with Crippen LogP contribution in [0.25, 0.3) is 0 Å². The summed E-state index contributed by atoms with van der Waals surface area (Å²) in [6.45, 7) is 8.05. The van der Waals surface area contributed by atoms with Gasteiger partial charge in [-0.3, -0.25) is 9.80 Å². The minimum atomic E-state index is -3.23. The van der Waals surface area contributed by atoms with E-state index in [0.29, 0.717) is 50.5 Å². The molecule has 1 saturated heterocycles. The molecule has 2 heterocycles. The monoisotopic (exact) mass is 464 g/mol. The predicted molar refractivity (Wildman–Crippen MR) is 121 cm³/mol. The van der Waals surface area contributed by atoms with Crippen LogP contribution in [0.3, 0.4) is 0 Å². The third kappa shape index (κ3) is 5.13. The molecule has 9 nitrogen and oxygen atoms in total. The summed E-state index contributed by atoms with van der Waals surface area (Å²) < 4.78 is 31.2. The number of amides is 2. The Labute approximate surface area is 190 Å².